The SMILES string of the molecule is CNC1CCCN(S(=O)(=O)c2ccc(F)cc2)C1. The van der Waals surface area contributed by atoms with Crippen molar-refractivity contribution in [3.63, 3.8) is 0 Å². The third-order valence-electron chi connectivity index (χ3n) is 3.24. The van der Waals surface area contributed by atoms with Crippen molar-refractivity contribution >= 4 is 10.0 Å². The van der Waals surface area contributed by atoms with Gasteiger partial charge in [-0.05, 0) is 44.2 Å². The van der Waals surface area contributed by atoms with Gasteiger partial charge in [-0.2, -0.15) is 4.31 Å². The molecule has 1 unspecified atom stereocenters. The van der Waals surface area contributed by atoms with Crippen LogP contribution in [0.4, 0.5) is 4.39 Å². The number of piperidine rings is 1. The summed E-state index contributed by atoms with van der Waals surface area (Å²) < 4.78 is 38.9. The van der Waals surface area contributed by atoms with Gasteiger partial charge < -0.3 is 5.32 Å². The quantitative estimate of drug-likeness (QED) is 0.899. The molecule has 1 N–H and O–H groups in total. The molecule has 1 aliphatic rings. The Morgan fingerprint density at radius 1 is 1.33 bits per heavy atom. The molecule has 0 amide bonds. The van der Waals surface area contributed by atoms with E-state index in [1.165, 1.54) is 28.6 Å². The summed E-state index contributed by atoms with van der Waals surface area (Å²) in [6, 6.07) is 5.16. The number of benzene rings is 1. The zero-order valence-corrected chi connectivity index (χ0v) is 11.1. The highest BCUT2D eigenvalue weighted by Crippen LogP contribution is 2.20. The van der Waals surface area contributed by atoms with Gasteiger partial charge in [-0.25, -0.2) is 12.8 Å². The summed E-state index contributed by atoms with van der Waals surface area (Å²) in [5, 5.41) is 3.10. The topological polar surface area (TPSA) is 49.4 Å². The molecule has 1 saturated heterocycles. The number of nitrogens with one attached hydrogen (secondary N) is 1. The molecule has 6 heteroatoms. The molecular formula is C12H17FN2O2S. The van der Waals surface area contributed by atoms with Crippen LogP contribution in [0.1, 0.15) is 12.8 Å². The fourth-order valence-corrected chi connectivity index (χ4v) is 3.68. The van der Waals surface area contributed by atoms with E-state index < -0.39 is 15.8 Å². The molecular weight excluding hydrogens is 255 g/mol. The molecule has 4 nitrogen and oxygen atoms in total. The second-order valence-corrected chi connectivity index (χ2v) is 6.38. The molecule has 100 valence electrons. The Morgan fingerprint density at radius 3 is 2.61 bits per heavy atom. The van der Waals surface area contributed by atoms with Gasteiger partial charge in [0.25, 0.3) is 0 Å². The maximum atomic E-state index is 12.8. The maximum Gasteiger partial charge on any atom is 0.243 e. The number of likely N-dealkylation sites (N-methyl/N-ethyl adjacent to an activating group) is 1. The summed E-state index contributed by atoms with van der Waals surface area (Å²) >= 11 is 0. The van der Waals surface area contributed by atoms with E-state index in [-0.39, 0.29) is 10.9 Å². The van der Waals surface area contributed by atoms with E-state index in [9.17, 15) is 12.8 Å². The summed E-state index contributed by atoms with van der Waals surface area (Å²) in [6.07, 6.45) is 1.82. The Balaban J connectivity index is 2.22. The predicted molar refractivity (Wildman–Crippen MR) is 67.2 cm³/mol. The lowest BCUT2D eigenvalue weighted by molar-refractivity contribution is 0.293. The molecule has 1 aromatic rings. The second kappa shape index (κ2) is 5.34. The molecule has 1 heterocycles. The Morgan fingerprint density at radius 2 is 2.00 bits per heavy atom. The molecule has 0 spiro atoms. The van der Waals surface area contributed by atoms with E-state index in [0.717, 1.165) is 12.8 Å². The molecule has 18 heavy (non-hydrogen) atoms. The van der Waals surface area contributed by atoms with E-state index in [1.807, 2.05) is 7.05 Å². The van der Waals surface area contributed by atoms with Gasteiger partial charge in [0.05, 0.1) is 4.90 Å². The molecule has 2 rings (SSSR count). The summed E-state index contributed by atoms with van der Waals surface area (Å²) in [5.41, 5.74) is 0. The van der Waals surface area contributed by atoms with Crippen LogP contribution in [-0.2, 0) is 10.0 Å². The number of hydrogen-bond donors (Lipinski definition) is 1. The monoisotopic (exact) mass is 272 g/mol. The van der Waals surface area contributed by atoms with Crippen molar-refractivity contribution in [3.8, 4) is 0 Å². The van der Waals surface area contributed by atoms with E-state index in [1.54, 1.807) is 0 Å². The van der Waals surface area contributed by atoms with Crippen LogP contribution >= 0.6 is 0 Å². The zero-order chi connectivity index (χ0) is 13.2. The van der Waals surface area contributed by atoms with Gasteiger partial charge in [0.2, 0.25) is 10.0 Å². The summed E-state index contributed by atoms with van der Waals surface area (Å²) in [4.78, 5) is 0.153. The minimum Gasteiger partial charge on any atom is -0.316 e. The molecule has 0 aromatic heterocycles. The lowest BCUT2D eigenvalue weighted by Gasteiger charge is -2.31. The van der Waals surface area contributed by atoms with Gasteiger partial charge in [-0.15, -0.1) is 0 Å². The van der Waals surface area contributed by atoms with E-state index in [2.05, 4.69) is 5.32 Å². The van der Waals surface area contributed by atoms with Crippen LogP contribution in [0.3, 0.4) is 0 Å². The highest BCUT2D eigenvalue weighted by atomic mass is 32.2. The maximum absolute atomic E-state index is 12.8. The minimum atomic E-state index is -3.50. The molecule has 0 aliphatic carbocycles. The van der Waals surface area contributed by atoms with Crippen LogP contribution in [0.5, 0.6) is 0 Å². The van der Waals surface area contributed by atoms with Crippen LogP contribution < -0.4 is 5.32 Å². The minimum absolute atomic E-state index is 0.153. The number of nitrogens with zero attached hydrogens (tertiary/aromatic N) is 1. The highest BCUT2D eigenvalue weighted by molar-refractivity contribution is 7.89. The number of sulfonamides is 1. The highest BCUT2D eigenvalue weighted by Gasteiger charge is 2.29. The summed E-state index contributed by atoms with van der Waals surface area (Å²) in [7, 11) is -1.66. The van der Waals surface area contributed by atoms with Crippen LogP contribution in [0.2, 0.25) is 0 Å². The second-order valence-electron chi connectivity index (χ2n) is 4.44. The molecule has 1 aromatic carbocycles. The lowest BCUT2D eigenvalue weighted by atomic mass is 10.1. The molecule has 1 aliphatic heterocycles. The van der Waals surface area contributed by atoms with Crippen molar-refractivity contribution in [2.45, 2.75) is 23.8 Å². The average Bonchev–Trinajstić information content (AvgIpc) is 2.39. The predicted octanol–water partition coefficient (Wildman–Crippen LogP) is 1.20. The Kier molecular flexibility index (Phi) is 3.99. The zero-order valence-electron chi connectivity index (χ0n) is 10.3. The van der Waals surface area contributed by atoms with E-state index in [4.69, 9.17) is 0 Å². The number of rotatable bonds is 3. The molecule has 0 bridgehead atoms. The molecule has 0 radical (unpaired) electrons. The van der Waals surface area contributed by atoms with Crippen molar-refractivity contribution < 1.29 is 12.8 Å². The number of hydrogen-bond acceptors (Lipinski definition) is 3. The third kappa shape index (κ3) is 2.71. The van der Waals surface area contributed by atoms with E-state index >= 15 is 0 Å². The Labute approximate surface area is 107 Å². The van der Waals surface area contributed by atoms with Crippen LogP contribution in [-0.4, -0.2) is 38.9 Å². The van der Waals surface area contributed by atoms with Crippen LogP contribution in [0.25, 0.3) is 0 Å². The molecule has 0 saturated carbocycles. The van der Waals surface area contributed by atoms with Gasteiger partial charge >= 0.3 is 0 Å². The first-order chi connectivity index (χ1) is 8.54. The van der Waals surface area contributed by atoms with Crippen molar-refractivity contribution in [2.24, 2.45) is 0 Å². The molecule has 1 fully saturated rings. The average molecular weight is 272 g/mol. The first-order valence-corrected chi connectivity index (χ1v) is 7.41. The summed E-state index contributed by atoms with van der Waals surface area (Å²) in [6.45, 7) is 0.994. The van der Waals surface area contributed by atoms with Crippen molar-refractivity contribution in [3.05, 3.63) is 30.1 Å². The van der Waals surface area contributed by atoms with Crippen molar-refractivity contribution in [1.82, 2.24) is 9.62 Å². The van der Waals surface area contributed by atoms with Crippen molar-refractivity contribution in [2.75, 3.05) is 20.1 Å². The summed E-state index contributed by atoms with van der Waals surface area (Å²) in [5.74, 6) is -0.430. The van der Waals surface area contributed by atoms with Gasteiger partial charge in [-0.1, -0.05) is 0 Å². The van der Waals surface area contributed by atoms with E-state index in [0.29, 0.717) is 13.1 Å². The van der Waals surface area contributed by atoms with Crippen LogP contribution in [0.15, 0.2) is 29.2 Å². The van der Waals surface area contributed by atoms with Gasteiger partial charge in [0, 0.05) is 19.1 Å². The van der Waals surface area contributed by atoms with Gasteiger partial charge in [0.1, 0.15) is 5.82 Å². The Hall–Kier alpha value is -0.980. The normalized spacial score (nSPS) is 22.0. The first-order valence-electron chi connectivity index (χ1n) is 5.97. The standard InChI is InChI=1S/C12H17FN2O2S/c1-14-11-3-2-8-15(9-11)18(16,17)12-6-4-10(13)5-7-12/h4-7,11,14H,2-3,8-9H2,1H3. The van der Waals surface area contributed by atoms with Gasteiger partial charge in [-0.3, -0.25) is 0 Å². The first kappa shape index (κ1) is 13.5. The third-order valence-corrected chi connectivity index (χ3v) is 5.12. The number of halogens is 1. The fraction of sp³-hybridized carbons (Fsp3) is 0.500. The smallest absolute Gasteiger partial charge is 0.243 e. The fourth-order valence-electron chi connectivity index (χ4n) is 2.15. The van der Waals surface area contributed by atoms with Crippen molar-refractivity contribution in [1.29, 1.82) is 0 Å². The van der Waals surface area contributed by atoms with Gasteiger partial charge in [0.15, 0.2) is 0 Å². The largest absolute Gasteiger partial charge is 0.316 e. The molecule has 1 atom stereocenters. The lowest BCUT2D eigenvalue weighted by Crippen LogP contribution is -2.46. The van der Waals surface area contributed by atoms with Crippen LogP contribution in [0, 0.1) is 5.82 Å². The Bertz CT molecular complexity index is 501.